The van der Waals surface area contributed by atoms with E-state index in [1.165, 1.54) is 31.1 Å². The number of fused-ring (bicyclic) bond motifs is 1. The van der Waals surface area contributed by atoms with Crippen LogP contribution in [0.1, 0.15) is 32.6 Å². The van der Waals surface area contributed by atoms with Gasteiger partial charge in [0.2, 0.25) is 0 Å². The lowest BCUT2D eigenvalue weighted by molar-refractivity contribution is 0.387. The first kappa shape index (κ1) is 13.8. The highest BCUT2D eigenvalue weighted by Crippen LogP contribution is 2.35. The topological polar surface area (TPSA) is 37.8 Å². The lowest BCUT2D eigenvalue weighted by Crippen LogP contribution is -2.34. The molecule has 1 saturated carbocycles. The van der Waals surface area contributed by atoms with Gasteiger partial charge in [0.05, 0.1) is 5.52 Å². The average Bonchev–Trinajstić information content (AvgIpc) is 2.48. The third-order valence-electron chi connectivity index (χ3n) is 3.90. The Bertz CT molecular complexity index is 565. The molecule has 20 heavy (non-hydrogen) atoms. The summed E-state index contributed by atoms with van der Waals surface area (Å²) in [7, 11) is 0. The van der Waals surface area contributed by atoms with Gasteiger partial charge in [-0.15, -0.1) is 11.8 Å². The van der Waals surface area contributed by atoms with Crippen LogP contribution < -0.4 is 5.32 Å². The van der Waals surface area contributed by atoms with Crippen molar-refractivity contribution in [1.82, 2.24) is 15.3 Å². The Balaban J connectivity index is 1.76. The highest BCUT2D eigenvalue weighted by Gasteiger charge is 2.23. The Labute approximate surface area is 124 Å². The van der Waals surface area contributed by atoms with E-state index < -0.39 is 0 Å². The molecule has 0 amide bonds. The third-order valence-corrected chi connectivity index (χ3v) is 5.21. The fraction of sp³-hybridized carbons (Fsp3) is 0.500. The van der Waals surface area contributed by atoms with E-state index in [2.05, 4.69) is 40.4 Å². The van der Waals surface area contributed by atoms with E-state index in [1.54, 1.807) is 6.33 Å². The first-order valence-electron chi connectivity index (χ1n) is 7.46. The summed E-state index contributed by atoms with van der Waals surface area (Å²) in [5.74, 6) is 0. The summed E-state index contributed by atoms with van der Waals surface area (Å²) in [4.78, 5) is 8.85. The van der Waals surface area contributed by atoms with Crippen molar-refractivity contribution >= 4 is 22.7 Å². The van der Waals surface area contributed by atoms with Gasteiger partial charge in [-0.3, -0.25) is 0 Å². The molecule has 1 fully saturated rings. The second-order valence-electron chi connectivity index (χ2n) is 5.36. The lowest BCUT2D eigenvalue weighted by Gasteiger charge is -2.29. The Kier molecular flexibility index (Phi) is 4.53. The monoisotopic (exact) mass is 287 g/mol. The molecule has 3 rings (SSSR count). The van der Waals surface area contributed by atoms with Crippen molar-refractivity contribution in [2.24, 2.45) is 0 Å². The van der Waals surface area contributed by atoms with Gasteiger partial charge in [-0.1, -0.05) is 31.5 Å². The molecule has 1 aromatic heterocycles. The third kappa shape index (κ3) is 3.13. The zero-order valence-corrected chi connectivity index (χ0v) is 12.7. The Morgan fingerprint density at radius 2 is 2.15 bits per heavy atom. The Morgan fingerprint density at radius 1 is 1.25 bits per heavy atom. The highest BCUT2D eigenvalue weighted by molar-refractivity contribution is 8.00. The Morgan fingerprint density at radius 3 is 3.05 bits per heavy atom. The molecular formula is C16H21N3S. The molecule has 0 saturated heterocycles. The predicted molar refractivity (Wildman–Crippen MR) is 85.1 cm³/mol. The van der Waals surface area contributed by atoms with Crippen molar-refractivity contribution in [3.63, 3.8) is 0 Å². The zero-order valence-electron chi connectivity index (χ0n) is 11.9. The first-order chi connectivity index (χ1) is 9.86. The molecule has 4 heteroatoms. The van der Waals surface area contributed by atoms with Crippen molar-refractivity contribution in [3.05, 3.63) is 30.6 Å². The van der Waals surface area contributed by atoms with Gasteiger partial charge in [0.1, 0.15) is 11.4 Å². The van der Waals surface area contributed by atoms with Gasteiger partial charge >= 0.3 is 0 Å². The van der Waals surface area contributed by atoms with E-state index in [9.17, 15) is 0 Å². The van der Waals surface area contributed by atoms with Crippen molar-refractivity contribution in [2.45, 2.75) is 48.9 Å². The van der Waals surface area contributed by atoms with Crippen LogP contribution in [0.25, 0.3) is 10.9 Å². The van der Waals surface area contributed by atoms with Crippen LogP contribution in [0.5, 0.6) is 0 Å². The van der Waals surface area contributed by atoms with Gasteiger partial charge in [-0.05, 0) is 31.9 Å². The number of para-hydroxylation sites is 1. The summed E-state index contributed by atoms with van der Waals surface area (Å²) in [6.45, 7) is 3.26. The van der Waals surface area contributed by atoms with Crippen LogP contribution in [0.15, 0.2) is 35.6 Å². The number of nitrogens with zero attached hydrogens (tertiary/aromatic N) is 2. The van der Waals surface area contributed by atoms with Crippen LogP contribution in [-0.4, -0.2) is 27.8 Å². The van der Waals surface area contributed by atoms with Gasteiger partial charge in [-0.2, -0.15) is 0 Å². The standard InChI is InChI=1S/C16H21N3S/c1-2-17-12-6-5-7-13(10-12)20-16-14-8-3-4-9-15(14)18-11-19-16/h3-4,8-9,11-13,17H,2,5-7,10H2,1H3. The summed E-state index contributed by atoms with van der Waals surface area (Å²) in [5, 5.41) is 6.59. The predicted octanol–water partition coefficient (Wildman–Crippen LogP) is 3.64. The van der Waals surface area contributed by atoms with Crippen molar-refractivity contribution in [3.8, 4) is 0 Å². The molecule has 2 aromatic rings. The number of hydrogen-bond donors (Lipinski definition) is 1. The van der Waals surface area contributed by atoms with Crippen LogP contribution in [0.3, 0.4) is 0 Å². The van der Waals surface area contributed by atoms with Crippen molar-refractivity contribution in [1.29, 1.82) is 0 Å². The normalized spacial score (nSPS) is 23.1. The summed E-state index contributed by atoms with van der Waals surface area (Å²) in [6, 6.07) is 8.97. The van der Waals surface area contributed by atoms with Crippen LogP contribution >= 0.6 is 11.8 Å². The van der Waals surface area contributed by atoms with Crippen molar-refractivity contribution in [2.75, 3.05) is 6.54 Å². The minimum atomic E-state index is 0.672. The highest BCUT2D eigenvalue weighted by atomic mass is 32.2. The maximum Gasteiger partial charge on any atom is 0.117 e. The number of thioether (sulfide) groups is 1. The first-order valence-corrected chi connectivity index (χ1v) is 8.34. The van der Waals surface area contributed by atoms with Crippen LogP contribution in [-0.2, 0) is 0 Å². The van der Waals surface area contributed by atoms with Gasteiger partial charge in [0, 0.05) is 16.7 Å². The maximum absolute atomic E-state index is 4.50. The fourth-order valence-corrected chi connectivity index (χ4v) is 4.29. The molecule has 1 heterocycles. The van der Waals surface area contributed by atoms with Crippen LogP contribution in [0.4, 0.5) is 0 Å². The number of rotatable bonds is 4. The van der Waals surface area contributed by atoms with E-state index in [0.29, 0.717) is 11.3 Å². The molecule has 2 unspecified atom stereocenters. The minimum Gasteiger partial charge on any atom is -0.314 e. The smallest absolute Gasteiger partial charge is 0.117 e. The molecule has 0 bridgehead atoms. The molecule has 0 aliphatic heterocycles. The zero-order chi connectivity index (χ0) is 13.8. The number of hydrogen-bond acceptors (Lipinski definition) is 4. The molecule has 106 valence electrons. The summed E-state index contributed by atoms with van der Waals surface area (Å²) in [5.41, 5.74) is 1.05. The molecule has 3 nitrogen and oxygen atoms in total. The lowest BCUT2D eigenvalue weighted by atomic mass is 9.95. The number of benzene rings is 1. The van der Waals surface area contributed by atoms with E-state index in [-0.39, 0.29) is 0 Å². The molecule has 0 spiro atoms. The summed E-state index contributed by atoms with van der Waals surface area (Å²) in [6.07, 6.45) is 6.87. The summed E-state index contributed by atoms with van der Waals surface area (Å²) >= 11 is 1.93. The fourth-order valence-electron chi connectivity index (χ4n) is 2.96. The van der Waals surface area contributed by atoms with Crippen LogP contribution in [0.2, 0.25) is 0 Å². The van der Waals surface area contributed by atoms with Crippen LogP contribution in [0, 0.1) is 0 Å². The SMILES string of the molecule is CCNC1CCCC(Sc2ncnc3ccccc23)C1. The minimum absolute atomic E-state index is 0.672. The molecule has 1 aliphatic rings. The maximum atomic E-state index is 4.50. The Hall–Kier alpha value is -1.13. The van der Waals surface area contributed by atoms with E-state index >= 15 is 0 Å². The molecular weight excluding hydrogens is 266 g/mol. The number of aromatic nitrogens is 2. The second kappa shape index (κ2) is 6.55. The molecule has 0 radical (unpaired) electrons. The second-order valence-corrected chi connectivity index (χ2v) is 6.65. The number of nitrogens with one attached hydrogen (secondary N) is 1. The molecule has 2 atom stereocenters. The van der Waals surface area contributed by atoms with E-state index in [4.69, 9.17) is 0 Å². The quantitative estimate of drug-likeness (QED) is 0.871. The van der Waals surface area contributed by atoms with E-state index in [1.807, 2.05) is 17.8 Å². The molecule has 1 aromatic carbocycles. The summed E-state index contributed by atoms with van der Waals surface area (Å²) < 4.78 is 0. The largest absolute Gasteiger partial charge is 0.314 e. The molecule has 1 aliphatic carbocycles. The van der Waals surface area contributed by atoms with Gasteiger partial charge in [-0.25, -0.2) is 9.97 Å². The van der Waals surface area contributed by atoms with Crippen molar-refractivity contribution < 1.29 is 0 Å². The van der Waals surface area contributed by atoms with Gasteiger partial charge in [0.25, 0.3) is 0 Å². The van der Waals surface area contributed by atoms with E-state index in [0.717, 1.165) is 17.1 Å². The van der Waals surface area contributed by atoms with Gasteiger partial charge < -0.3 is 5.32 Å². The van der Waals surface area contributed by atoms with Gasteiger partial charge in [0.15, 0.2) is 0 Å². The molecule has 1 N–H and O–H groups in total. The average molecular weight is 287 g/mol.